The van der Waals surface area contributed by atoms with Crippen LogP contribution in [-0.2, 0) is 17.5 Å². The fraction of sp³-hybridized carbons (Fsp3) is 0.364. The normalized spacial score (nSPS) is 11.8. The van der Waals surface area contributed by atoms with Crippen molar-refractivity contribution in [2.24, 2.45) is 0 Å². The zero-order chi connectivity index (χ0) is 14.8. The second-order valence-corrected chi connectivity index (χ2v) is 4.77. The second kappa shape index (κ2) is 5.71. The van der Waals surface area contributed by atoms with Crippen molar-refractivity contribution in [1.29, 1.82) is 0 Å². The molecule has 1 N–H and O–H groups in total. The van der Waals surface area contributed by atoms with Crippen LogP contribution in [0.1, 0.15) is 17.8 Å². The van der Waals surface area contributed by atoms with E-state index in [0.29, 0.717) is 17.9 Å². The van der Waals surface area contributed by atoms with Crippen LogP contribution in [0.15, 0.2) is 17.1 Å². The first-order chi connectivity index (χ1) is 9.40. The van der Waals surface area contributed by atoms with Crippen LogP contribution in [0.5, 0.6) is 0 Å². The summed E-state index contributed by atoms with van der Waals surface area (Å²) in [5.74, 6) is 0.260. The summed E-state index contributed by atoms with van der Waals surface area (Å²) in [7, 11) is 0. The number of aromatic nitrogens is 3. The highest BCUT2D eigenvalue weighted by molar-refractivity contribution is 7.15. The molecule has 108 valence electrons. The molecule has 2 rings (SSSR count). The van der Waals surface area contributed by atoms with Crippen molar-refractivity contribution >= 4 is 11.3 Å². The molecule has 0 aliphatic carbocycles. The lowest BCUT2D eigenvalue weighted by Crippen LogP contribution is -2.11. The number of hydrogen-bond donors (Lipinski definition) is 1. The molecule has 0 aromatic carbocycles. The second-order valence-electron chi connectivity index (χ2n) is 3.74. The molecule has 2 heterocycles. The average Bonchev–Trinajstić information content (AvgIpc) is 2.85. The summed E-state index contributed by atoms with van der Waals surface area (Å²) in [6.07, 6.45) is -3.45. The Labute approximate surface area is 115 Å². The Morgan fingerprint density at radius 2 is 2.20 bits per heavy atom. The van der Waals surface area contributed by atoms with Crippen LogP contribution in [-0.4, -0.2) is 21.6 Å². The summed E-state index contributed by atoms with van der Waals surface area (Å²) < 4.78 is 42.5. The third-order valence-corrected chi connectivity index (χ3v) is 3.30. The number of H-pyrrole nitrogens is 1. The SMILES string of the molecule is CCOCc1nc(-c2cnc(C(F)(F)F)s2)cc(=O)[nH]1. The minimum Gasteiger partial charge on any atom is -0.374 e. The van der Waals surface area contributed by atoms with Gasteiger partial charge in [0.05, 0.1) is 10.6 Å². The molecule has 0 fully saturated rings. The molecule has 0 saturated carbocycles. The monoisotopic (exact) mass is 305 g/mol. The first-order valence-corrected chi connectivity index (χ1v) is 6.43. The third-order valence-electron chi connectivity index (χ3n) is 2.23. The van der Waals surface area contributed by atoms with Crippen LogP contribution in [0, 0.1) is 0 Å². The van der Waals surface area contributed by atoms with E-state index in [0.717, 1.165) is 12.3 Å². The molecular weight excluding hydrogens is 295 g/mol. The molecular formula is C11H10F3N3O2S. The molecule has 0 saturated heterocycles. The standard InChI is InChI=1S/C11H10F3N3O2S/c1-2-19-5-8-16-6(3-9(18)17-8)7-4-15-10(20-7)11(12,13)14/h3-4H,2,5H2,1H3,(H,16,17,18). The Morgan fingerprint density at radius 1 is 1.45 bits per heavy atom. The molecule has 0 spiro atoms. The molecule has 0 radical (unpaired) electrons. The molecule has 0 bridgehead atoms. The smallest absolute Gasteiger partial charge is 0.374 e. The van der Waals surface area contributed by atoms with Gasteiger partial charge in [0.25, 0.3) is 5.56 Å². The molecule has 2 aromatic heterocycles. The maximum Gasteiger partial charge on any atom is 0.443 e. The highest BCUT2D eigenvalue weighted by atomic mass is 32.1. The summed E-state index contributed by atoms with van der Waals surface area (Å²) in [5, 5.41) is -0.971. The summed E-state index contributed by atoms with van der Waals surface area (Å²) >= 11 is 0.442. The van der Waals surface area contributed by atoms with Crippen molar-refractivity contribution in [2.45, 2.75) is 19.7 Å². The summed E-state index contributed by atoms with van der Waals surface area (Å²) in [6.45, 7) is 2.30. The Balaban J connectivity index is 2.35. The van der Waals surface area contributed by atoms with E-state index in [-0.39, 0.29) is 23.0 Å². The van der Waals surface area contributed by atoms with E-state index in [1.807, 2.05) is 0 Å². The van der Waals surface area contributed by atoms with Crippen molar-refractivity contribution in [3.8, 4) is 10.6 Å². The van der Waals surface area contributed by atoms with E-state index in [2.05, 4.69) is 15.0 Å². The zero-order valence-electron chi connectivity index (χ0n) is 10.3. The number of rotatable bonds is 4. The van der Waals surface area contributed by atoms with Gasteiger partial charge in [-0.2, -0.15) is 13.2 Å². The van der Waals surface area contributed by atoms with Gasteiger partial charge >= 0.3 is 6.18 Å². The van der Waals surface area contributed by atoms with Gasteiger partial charge < -0.3 is 9.72 Å². The Hall–Kier alpha value is -1.74. The Kier molecular flexibility index (Phi) is 4.19. The molecule has 0 atom stereocenters. The Bertz CT molecular complexity index is 651. The van der Waals surface area contributed by atoms with Gasteiger partial charge in [-0.3, -0.25) is 4.79 Å². The maximum atomic E-state index is 12.5. The predicted molar refractivity (Wildman–Crippen MR) is 66.3 cm³/mol. The van der Waals surface area contributed by atoms with Gasteiger partial charge in [-0.05, 0) is 6.92 Å². The number of hydrogen-bond acceptors (Lipinski definition) is 5. The molecule has 2 aromatic rings. The fourth-order valence-corrected chi connectivity index (χ4v) is 2.17. The van der Waals surface area contributed by atoms with E-state index in [1.54, 1.807) is 6.92 Å². The number of ether oxygens (including phenoxy) is 1. The van der Waals surface area contributed by atoms with Gasteiger partial charge in [-0.25, -0.2) is 9.97 Å². The van der Waals surface area contributed by atoms with Crippen molar-refractivity contribution in [3.63, 3.8) is 0 Å². The van der Waals surface area contributed by atoms with E-state index in [1.165, 1.54) is 0 Å². The molecule has 20 heavy (non-hydrogen) atoms. The lowest BCUT2D eigenvalue weighted by molar-refractivity contribution is -0.137. The fourth-order valence-electron chi connectivity index (χ4n) is 1.43. The van der Waals surface area contributed by atoms with Crippen molar-refractivity contribution in [2.75, 3.05) is 6.61 Å². The average molecular weight is 305 g/mol. The van der Waals surface area contributed by atoms with Crippen molar-refractivity contribution in [1.82, 2.24) is 15.0 Å². The van der Waals surface area contributed by atoms with E-state index in [9.17, 15) is 18.0 Å². The van der Waals surface area contributed by atoms with Crippen LogP contribution >= 0.6 is 11.3 Å². The van der Waals surface area contributed by atoms with E-state index < -0.39 is 16.7 Å². The molecule has 0 aliphatic heterocycles. The minimum atomic E-state index is -4.50. The van der Waals surface area contributed by atoms with Gasteiger partial charge in [0.15, 0.2) is 5.01 Å². The summed E-state index contributed by atoms with van der Waals surface area (Å²) in [6, 6.07) is 1.13. The van der Waals surface area contributed by atoms with Gasteiger partial charge in [-0.15, -0.1) is 11.3 Å². The van der Waals surface area contributed by atoms with Crippen LogP contribution in [0.25, 0.3) is 10.6 Å². The number of aromatic amines is 1. The number of halogens is 3. The van der Waals surface area contributed by atoms with Gasteiger partial charge in [0, 0.05) is 18.9 Å². The number of nitrogens with zero attached hydrogens (tertiary/aromatic N) is 2. The van der Waals surface area contributed by atoms with E-state index in [4.69, 9.17) is 4.74 Å². The molecule has 0 amide bonds. The maximum absolute atomic E-state index is 12.5. The van der Waals surface area contributed by atoms with Crippen LogP contribution in [0.2, 0.25) is 0 Å². The van der Waals surface area contributed by atoms with Crippen LogP contribution in [0.4, 0.5) is 13.2 Å². The lowest BCUT2D eigenvalue weighted by Gasteiger charge is -2.02. The largest absolute Gasteiger partial charge is 0.443 e. The third kappa shape index (κ3) is 3.42. The topological polar surface area (TPSA) is 67.9 Å². The molecule has 0 unspecified atom stereocenters. The number of thiazole rings is 1. The Morgan fingerprint density at radius 3 is 2.80 bits per heavy atom. The lowest BCUT2D eigenvalue weighted by atomic mass is 10.3. The number of alkyl halides is 3. The van der Waals surface area contributed by atoms with Gasteiger partial charge in [0.2, 0.25) is 0 Å². The van der Waals surface area contributed by atoms with Crippen LogP contribution < -0.4 is 5.56 Å². The first-order valence-electron chi connectivity index (χ1n) is 5.61. The quantitative estimate of drug-likeness (QED) is 0.942. The zero-order valence-corrected chi connectivity index (χ0v) is 11.1. The van der Waals surface area contributed by atoms with Gasteiger partial charge in [-0.1, -0.05) is 0 Å². The predicted octanol–water partition coefficient (Wildman–Crippen LogP) is 2.45. The highest BCUT2D eigenvalue weighted by Crippen LogP contribution is 2.35. The number of nitrogens with one attached hydrogen (secondary N) is 1. The highest BCUT2D eigenvalue weighted by Gasteiger charge is 2.34. The van der Waals surface area contributed by atoms with Crippen molar-refractivity contribution in [3.05, 3.63) is 33.4 Å². The van der Waals surface area contributed by atoms with E-state index >= 15 is 0 Å². The molecule has 9 heteroatoms. The summed E-state index contributed by atoms with van der Waals surface area (Å²) in [4.78, 5) is 21.5. The molecule has 5 nitrogen and oxygen atoms in total. The molecule has 0 aliphatic rings. The summed E-state index contributed by atoms with van der Waals surface area (Å²) in [5.41, 5.74) is -0.303. The van der Waals surface area contributed by atoms with Crippen molar-refractivity contribution < 1.29 is 17.9 Å². The van der Waals surface area contributed by atoms with Gasteiger partial charge in [0.1, 0.15) is 12.4 Å². The minimum absolute atomic E-state index is 0.0878. The van der Waals surface area contributed by atoms with Crippen LogP contribution in [0.3, 0.4) is 0 Å². The first kappa shape index (κ1) is 14.7.